The topological polar surface area (TPSA) is 69.4 Å². The molecule has 4 nitrogen and oxygen atoms in total. The molecule has 0 aromatic heterocycles. The third-order valence-corrected chi connectivity index (χ3v) is 4.32. The number of hydrogen-bond acceptors (Lipinski definition) is 3. The molecule has 0 amide bonds. The smallest absolute Gasteiger partial charge is 0.238 e. The van der Waals surface area contributed by atoms with Crippen LogP contribution in [0.5, 0.6) is 5.75 Å². The summed E-state index contributed by atoms with van der Waals surface area (Å²) in [5.74, 6) is 0.535. The molecule has 0 aliphatic rings. The van der Waals surface area contributed by atoms with Crippen molar-refractivity contribution in [3.8, 4) is 5.75 Å². The van der Waals surface area contributed by atoms with E-state index in [2.05, 4.69) is 15.9 Å². The summed E-state index contributed by atoms with van der Waals surface area (Å²) in [7, 11) is -3.71. The first-order valence-electron chi connectivity index (χ1n) is 5.56. The summed E-state index contributed by atoms with van der Waals surface area (Å²) >= 11 is 9.06. The lowest BCUT2D eigenvalue weighted by atomic mass is 10.2. The monoisotopic (exact) mass is 375 g/mol. The second-order valence-electron chi connectivity index (χ2n) is 4.05. The van der Waals surface area contributed by atoms with E-state index >= 15 is 0 Å². The van der Waals surface area contributed by atoms with Crippen LogP contribution in [-0.4, -0.2) is 8.42 Å². The molecule has 106 valence electrons. The molecule has 0 saturated heterocycles. The Bertz CT molecular complexity index is 717. The molecule has 2 aromatic rings. The number of halogens is 2. The van der Waals surface area contributed by atoms with Crippen LogP contribution in [0.3, 0.4) is 0 Å². The highest BCUT2D eigenvalue weighted by Crippen LogP contribution is 2.28. The van der Waals surface area contributed by atoms with Crippen LogP contribution < -0.4 is 9.88 Å². The highest BCUT2D eigenvalue weighted by atomic mass is 79.9. The lowest BCUT2D eigenvalue weighted by Crippen LogP contribution is -2.12. The number of rotatable bonds is 4. The van der Waals surface area contributed by atoms with Crippen LogP contribution in [0, 0.1) is 0 Å². The molecule has 0 heterocycles. The number of sulfonamides is 1. The first-order chi connectivity index (χ1) is 9.36. The van der Waals surface area contributed by atoms with Gasteiger partial charge in [0.25, 0.3) is 0 Å². The number of benzene rings is 2. The molecule has 0 spiro atoms. The van der Waals surface area contributed by atoms with E-state index in [0.29, 0.717) is 21.9 Å². The summed E-state index contributed by atoms with van der Waals surface area (Å²) in [6, 6.07) is 11.6. The molecule has 7 heteroatoms. The molecule has 0 unspecified atom stereocenters. The predicted octanol–water partition coefficient (Wildman–Crippen LogP) is 3.33. The largest absolute Gasteiger partial charge is 0.488 e. The van der Waals surface area contributed by atoms with Gasteiger partial charge in [0.2, 0.25) is 10.0 Å². The van der Waals surface area contributed by atoms with Gasteiger partial charge in [0, 0.05) is 5.02 Å². The van der Waals surface area contributed by atoms with E-state index in [0.717, 1.165) is 5.56 Å². The standard InChI is InChI=1S/C13H11BrClNO3S/c14-12-7-11(20(16,17)18)5-6-13(12)19-8-9-1-3-10(15)4-2-9/h1-7H,8H2,(H2,16,17,18). The molecule has 0 aliphatic heterocycles. The van der Waals surface area contributed by atoms with Gasteiger partial charge >= 0.3 is 0 Å². The Labute approximate surface area is 130 Å². The van der Waals surface area contributed by atoms with Crippen LogP contribution in [0.15, 0.2) is 51.8 Å². The fraction of sp³-hybridized carbons (Fsp3) is 0.0769. The normalized spacial score (nSPS) is 11.3. The Morgan fingerprint density at radius 3 is 2.35 bits per heavy atom. The van der Waals surface area contributed by atoms with Crippen molar-refractivity contribution < 1.29 is 13.2 Å². The molecule has 0 atom stereocenters. The van der Waals surface area contributed by atoms with Crippen molar-refractivity contribution >= 4 is 37.6 Å². The Balaban J connectivity index is 2.12. The highest BCUT2D eigenvalue weighted by molar-refractivity contribution is 9.10. The number of hydrogen-bond donors (Lipinski definition) is 1. The van der Waals surface area contributed by atoms with Crippen LogP contribution in [0.1, 0.15) is 5.56 Å². The van der Waals surface area contributed by atoms with Crippen molar-refractivity contribution in [1.29, 1.82) is 0 Å². The van der Waals surface area contributed by atoms with Crippen molar-refractivity contribution in [1.82, 2.24) is 0 Å². The summed E-state index contributed by atoms with van der Waals surface area (Å²) in [5, 5.41) is 5.71. The Morgan fingerprint density at radius 2 is 1.80 bits per heavy atom. The summed E-state index contributed by atoms with van der Waals surface area (Å²) in [6.07, 6.45) is 0. The first kappa shape index (κ1) is 15.3. The third kappa shape index (κ3) is 3.96. The van der Waals surface area contributed by atoms with E-state index in [4.69, 9.17) is 21.5 Å². The predicted molar refractivity (Wildman–Crippen MR) is 81.3 cm³/mol. The van der Waals surface area contributed by atoms with Crippen molar-refractivity contribution in [2.24, 2.45) is 5.14 Å². The summed E-state index contributed by atoms with van der Waals surface area (Å²) in [5.41, 5.74) is 0.955. The van der Waals surface area contributed by atoms with E-state index < -0.39 is 10.0 Å². The summed E-state index contributed by atoms with van der Waals surface area (Å²) in [6.45, 7) is 0.352. The lowest BCUT2D eigenvalue weighted by Gasteiger charge is -2.09. The number of nitrogens with two attached hydrogens (primary N) is 1. The van der Waals surface area contributed by atoms with Crippen molar-refractivity contribution in [3.63, 3.8) is 0 Å². The molecule has 2 N–H and O–H groups in total. The maximum Gasteiger partial charge on any atom is 0.238 e. The van der Waals surface area contributed by atoms with Gasteiger partial charge in [-0.05, 0) is 51.8 Å². The summed E-state index contributed by atoms with van der Waals surface area (Å²) < 4.78 is 28.6. The molecular formula is C13H11BrClNO3S. The van der Waals surface area contributed by atoms with E-state index in [1.165, 1.54) is 12.1 Å². The van der Waals surface area contributed by atoms with Crippen molar-refractivity contribution in [3.05, 3.63) is 57.5 Å². The van der Waals surface area contributed by atoms with Crippen LogP contribution in [0.25, 0.3) is 0 Å². The van der Waals surface area contributed by atoms with Gasteiger partial charge < -0.3 is 4.74 Å². The molecule has 0 fully saturated rings. The van der Waals surface area contributed by atoms with Gasteiger partial charge in [0.15, 0.2) is 0 Å². The van der Waals surface area contributed by atoms with Gasteiger partial charge in [-0.15, -0.1) is 0 Å². The van der Waals surface area contributed by atoms with E-state index in [9.17, 15) is 8.42 Å². The first-order valence-corrected chi connectivity index (χ1v) is 8.27. The molecule has 0 aliphatic carbocycles. The molecule has 2 rings (SSSR count). The molecule has 0 saturated carbocycles. The minimum absolute atomic E-state index is 0.0308. The van der Waals surface area contributed by atoms with E-state index in [1.54, 1.807) is 18.2 Å². The van der Waals surface area contributed by atoms with E-state index in [-0.39, 0.29) is 4.90 Å². The third-order valence-electron chi connectivity index (χ3n) is 2.54. The molecule has 20 heavy (non-hydrogen) atoms. The van der Waals surface area contributed by atoms with Gasteiger partial charge in [-0.2, -0.15) is 0 Å². The maximum absolute atomic E-state index is 11.2. The quantitative estimate of drug-likeness (QED) is 0.890. The zero-order valence-electron chi connectivity index (χ0n) is 10.2. The molecule has 2 aromatic carbocycles. The fourth-order valence-electron chi connectivity index (χ4n) is 1.52. The number of ether oxygens (including phenoxy) is 1. The van der Waals surface area contributed by atoms with Crippen molar-refractivity contribution in [2.75, 3.05) is 0 Å². The second-order valence-corrected chi connectivity index (χ2v) is 6.90. The van der Waals surface area contributed by atoms with Gasteiger partial charge in [0.05, 0.1) is 9.37 Å². The second kappa shape index (κ2) is 6.13. The Kier molecular flexibility index (Phi) is 4.70. The average molecular weight is 377 g/mol. The minimum atomic E-state index is -3.71. The Morgan fingerprint density at radius 1 is 1.15 bits per heavy atom. The SMILES string of the molecule is NS(=O)(=O)c1ccc(OCc2ccc(Cl)cc2)c(Br)c1. The molecule has 0 radical (unpaired) electrons. The zero-order chi connectivity index (χ0) is 14.8. The van der Waals surface area contributed by atoms with Gasteiger partial charge in [-0.1, -0.05) is 23.7 Å². The average Bonchev–Trinajstić information content (AvgIpc) is 2.38. The van der Waals surface area contributed by atoms with Crippen LogP contribution in [0.2, 0.25) is 5.02 Å². The van der Waals surface area contributed by atoms with Gasteiger partial charge in [0.1, 0.15) is 12.4 Å². The summed E-state index contributed by atoms with van der Waals surface area (Å²) in [4.78, 5) is 0.0308. The van der Waals surface area contributed by atoms with Crippen LogP contribution in [-0.2, 0) is 16.6 Å². The van der Waals surface area contributed by atoms with Crippen LogP contribution in [0.4, 0.5) is 0 Å². The minimum Gasteiger partial charge on any atom is -0.488 e. The fourth-order valence-corrected chi connectivity index (χ4v) is 2.83. The van der Waals surface area contributed by atoms with Crippen molar-refractivity contribution in [2.45, 2.75) is 11.5 Å². The Hall–Kier alpha value is -1.08. The number of primary sulfonamides is 1. The molecular weight excluding hydrogens is 366 g/mol. The van der Waals surface area contributed by atoms with Crippen LogP contribution >= 0.6 is 27.5 Å². The lowest BCUT2D eigenvalue weighted by molar-refractivity contribution is 0.304. The van der Waals surface area contributed by atoms with E-state index in [1.807, 2.05) is 12.1 Å². The van der Waals surface area contributed by atoms with Gasteiger partial charge in [-0.25, -0.2) is 13.6 Å². The molecule has 0 bridgehead atoms. The highest BCUT2D eigenvalue weighted by Gasteiger charge is 2.11. The van der Waals surface area contributed by atoms with Gasteiger partial charge in [-0.3, -0.25) is 0 Å². The maximum atomic E-state index is 11.2. The zero-order valence-corrected chi connectivity index (χ0v) is 13.4.